The average molecular weight is 383 g/mol. The van der Waals surface area contributed by atoms with Crippen LogP contribution in [0.1, 0.15) is 37.8 Å². The van der Waals surface area contributed by atoms with E-state index in [4.69, 9.17) is 25.8 Å². The first-order valence-corrected chi connectivity index (χ1v) is 8.64. The summed E-state index contributed by atoms with van der Waals surface area (Å²) in [5, 5.41) is 5.79. The van der Waals surface area contributed by atoms with Crippen molar-refractivity contribution in [2.75, 3.05) is 21.3 Å². The van der Waals surface area contributed by atoms with Crippen LogP contribution in [0.25, 0.3) is 0 Å². The molecule has 0 fully saturated rings. The fraction of sp³-hybridized carbons (Fsp3) is 0.444. The Morgan fingerprint density at radius 2 is 1.96 bits per heavy atom. The molecule has 1 aliphatic heterocycles. The SMILES string of the molecule is CCCCC1=C(C(=O)OC)C(c2cc(Cl)c(OC)c(OC)c2)NC(=O)N1. The molecule has 8 heteroatoms. The second kappa shape index (κ2) is 8.80. The highest BCUT2D eigenvalue weighted by Crippen LogP contribution is 2.40. The number of rotatable bonds is 7. The number of allylic oxidation sites excluding steroid dienone is 1. The third-order valence-electron chi connectivity index (χ3n) is 4.13. The monoisotopic (exact) mass is 382 g/mol. The topological polar surface area (TPSA) is 85.9 Å². The van der Waals surface area contributed by atoms with E-state index in [0.717, 1.165) is 12.8 Å². The van der Waals surface area contributed by atoms with Crippen LogP contribution in [-0.2, 0) is 9.53 Å². The van der Waals surface area contributed by atoms with Crippen molar-refractivity contribution < 1.29 is 23.8 Å². The second-order valence-electron chi connectivity index (χ2n) is 5.76. The molecule has 1 unspecified atom stereocenters. The molecule has 1 atom stereocenters. The van der Waals surface area contributed by atoms with Crippen molar-refractivity contribution in [2.45, 2.75) is 32.2 Å². The minimum Gasteiger partial charge on any atom is -0.493 e. The largest absolute Gasteiger partial charge is 0.493 e. The quantitative estimate of drug-likeness (QED) is 0.706. The predicted molar refractivity (Wildman–Crippen MR) is 97.5 cm³/mol. The van der Waals surface area contributed by atoms with E-state index < -0.39 is 12.0 Å². The van der Waals surface area contributed by atoms with Crippen molar-refractivity contribution in [3.63, 3.8) is 0 Å². The molecule has 0 saturated heterocycles. The van der Waals surface area contributed by atoms with E-state index >= 15 is 0 Å². The zero-order valence-corrected chi connectivity index (χ0v) is 16.0. The summed E-state index contributed by atoms with van der Waals surface area (Å²) in [6.45, 7) is 2.03. The maximum Gasteiger partial charge on any atom is 0.337 e. The standard InChI is InChI=1S/C18H23ClN2O5/c1-5-6-7-12-14(17(22)26-4)15(21-18(23)20-12)10-8-11(19)16(25-3)13(9-10)24-2/h8-9,15H,5-7H2,1-4H3,(H2,20,21,23). The molecular formula is C18H23ClN2O5. The number of esters is 1. The Labute approximate surface area is 157 Å². The summed E-state index contributed by atoms with van der Waals surface area (Å²) in [7, 11) is 4.28. The molecule has 2 N–H and O–H groups in total. The number of carbonyl (C=O) groups excluding carboxylic acids is 2. The summed E-state index contributed by atoms with van der Waals surface area (Å²) >= 11 is 6.28. The lowest BCUT2D eigenvalue weighted by molar-refractivity contribution is -0.136. The summed E-state index contributed by atoms with van der Waals surface area (Å²) in [6, 6.07) is 2.22. The summed E-state index contributed by atoms with van der Waals surface area (Å²) in [6.07, 6.45) is 2.31. The number of halogens is 1. The van der Waals surface area contributed by atoms with Crippen LogP contribution in [0.15, 0.2) is 23.4 Å². The molecular weight excluding hydrogens is 360 g/mol. The van der Waals surface area contributed by atoms with Gasteiger partial charge in [-0.2, -0.15) is 0 Å². The van der Waals surface area contributed by atoms with Crippen LogP contribution < -0.4 is 20.1 Å². The van der Waals surface area contributed by atoms with Crippen LogP contribution in [0.5, 0.6) is 11.5 Å². The first-order chi connectivity index (χ1) is 12.5. The fourth-order valence-corrected chi connectivity index (χ4v) is 3.17. The van der Waals surface area contributed by atoms with E-state index in [2.05, 4.69) is 10.6 Å². The summed E-state index contributed by atoms with van der Waals surface area (Å²) in [5.41, 5.74) is 1.50. The number of urea groups is 1. The van der Waals surface area contributed by atoms with Gasteiger partial charge in [0, 0.05) is 5.70 Å². The Kier molecular flexibility index (Phi) is 6.74. The van der Waals surface area contributed by atoms with Crippen molar-refractivity contribution in [3.05, 3.63) is 34.0 Å². The Bertz CT molecular complexity index is 733. The number of methoxy groups -OCH3 is 3. The lowest BCUT2D eigenvalue weighted by Gasteiger charge is -2.29. The Morgan fingerprint density at radius 1 is 1.23 bits per heavy atom. The zero-order chi connectivity index (χ0) is 19.3. The van der Waals surface area contributed by atoms with Gasteiger partial charge in [0.2, 0.25) is 0 Å². The van der Waals surface area contributed by atoms with Gasteiger partial charge < -0.3 is 24.8 Å². The van der Waals surface area contributed by atoms with Crippen LogP contribution in [0.2, 0.25) is 5.02 Å². The molecule has 0 spiro atoms. The van der Waals surface area contributed by atoms with Gasteiger partial charge in [-0.05, 0) is 30.5 Å². The van der Waals surface area contributed by atoms with Gasteiger partial charge in [-0.25, -0.2) is 9.59 Å². The number of ether oxygens (including phenoxy) is 3. The first kappa shape index (κ1) is 19.9. The van der Waals surface area contributed by atoms with Crippen molar-refractivity contribution in [3.8, 4) is 11.5 Å². The highest BCUT2D eigenvalue weighted by atomic mass is 35.5. The summed E-state index contributed by atoms with van der Waals surface area (Å²) in [5.74, 6) is 0.273. The number of benzene rings is 1. The van der Waals surface area contributed by atoms with E-state index in [-0.39, 0.29) is 6.03 Å². The fourth-order valence-electron chi connectivity index (χ4n) is 2.87. The predicted octanol–water partition coefficient (Wildman–Crippen LogP) is 3.33. The highest BCUT2D eigenvalue weighted by molar-refractivity contribution is 6.32. The molecule has 0 bridgehead atoms. The Hall–Kier alpha value is -2.41. The highest BCUT2D eigenvalue weighted by Gasteiger charge is 2.34. The van der Waals surface area contributed by atoms with E-state index in [1.165, 1.54) is 21.3 Å². The molecule has 1 aromatic carbocycles. The van der Waals surface area contributed by atoms with Crippen LogP contribution >= 0.6 is 11.6 Å². The lowest BCUT2D eigenvalue weighted by Crippen LogP contribution is -2.45. The summed E-state index contributed by atoms with van der Waals surface area (Å²) in [4.78, 5) is 24.6. The van der Waals surface area contributed by atoms with Crippen molar-refractivity contribution in [1.82, 2.24) is 10.6 Å². The van der Waals surface area contributed by atoms with Gasteiger partial charge in [0.1, 0.15) is 0 Å². The van der Waals surface area contributed by atoms with Crippen molar-refractivity contribution in [1.29, 1.82) is 0 Å². The van der Waals surface area contributed by atoms with Gasteiger partial charge in [-0.1, -0.05) is 24.9 Å². The van der Waals surface area contributed by atoms with Gasteiger partial charge in [0.15, 0.2) is 11.5 Å². The molecule has 7 nitrogen and oxygen atoms in total. The smallest absolute Gasteiger partial charge is 0.337 e. The normalized spacial score (nSPS) is 16.7. The molecule has 2 rings (SSSR count). The molecule has 0 radical (unpaired) electrons. The van der Waals surface area contributed by atoms with Gasteiger partial charge >= 0.3 is 12.0 Å². The molecule has 2 amide bonds. The Balaban J connectivity index is 2.59. The molecule has 1 aromatic rings. The number of carbonyl (C=O) groups is 2. The minimum atomic E-state index is -0.708. The summed E-state index contributed by atoms with van der Waals surface area (Å²) < 4.78 is 15.5. The van der Waals surface area contributed by atoms with E-state index in [0.29, 0.717) is 39.8 Å². The van der Waals surface area contributed by atoms with E-state index in [1.54, 1.807) is 12.1 Å². The van der Waals surface area contributed by atoms with Crippen molar-refractivity contribution in [2.24, 2.45) is 0 Å². The molecule has 26 heavy (non-hydrogen) atoms. The van der Waals surface area contributed by atoms with Crippen LogP contribution in [0.3, 0.4) is 0 Å². The van der Waals surface area contributed by atoms with Gasteiger partial charge in [0.25, 0.3) is 0 Å². The van der Waals surface area contributed by atoms with E-state index in [1.807, 2.05) is 6.92 Å². The third-order valence-corrected chi connectivity index (χ3v) is 4.41. The Morgan fingerprint density at radius 3 is 2.54 bits per heavy atom. The maximum atomic E-state index is 12.4. The van der Waals surface area contributed by atoms with Gasteiger partial charge in [-0.3, -0.25) is 0 Å². The minimum absolute atomic E-state index is 0.314. The second-order valence-corrected chi connectivity index (χ2v) is 6.16. The van der Waals surface area contributed by atoms with Crippen LogP contribution in [0.4, 0.5) is 4.79 Å². The van der Waals surface area contributed by atoms with Gasteiger partial charge in [-0.15, -0.1) is 0 Å². The number of nitrogens with one attached hydrogen (secondary N) is 2. The lowest BCUT2D eigenvalue weighted by atomic mass is 9.93. The average Bonchev–Trinajstić information content (AvgIpc) is 2.64. The van der Waals surface area contributed by atoms with Crippen LogP contribution in [0, 0.1) is 0 Å². The molecule has 0 saturated carbocycles. The van der Waals surface area contributed by atoms with Gasteiger partial charge in [0.05, 0.1) is 38.0 Å². The van der Waals surface area contributed by atoms with E-state index in [9.17, 15) is 9.59 Å². The number of hydrogen-bond acceptors (Lipinski definition) is 5. The third kappa shape index (κ3) is 4.04. The molecule has 0 aromatic heterocycles. The molecule has 0 aliphatic carbocycles. The molecule has 1 heterocycles. The van der Waals surface area contributed by atoms with Crippen molar-refractivity contribution >= 4 is 23.6 Å². The molecule has 1 aliphatic rings. The number of unbranched alkanes of at least 4 members (excludes halogenated alkanes) is 1. The van der Waals surface area contributed by atoms with Crippen LogP contribution in [-0.4, -0.2) is 33.3 Å². The maximum absolute atomic E-state index is 12.4. The molecule has 142 valence electrons. The number of amides is 2. The number of hydrogen-bond donors (Lipinski definition) is 2. The zero-order valence-electron chi connectivity index (χ0n) is 15.3. The first-order valence-electron chi connectivity index (χ1n) is 8.27.